The molecule has 5 heteroatoms. The molecule has 0 saturated carbocycles. The standard InChI is InChI=1S/C15H18N2O3/c18-14-8-12(9-16-5-1-2-6-16)17(11-15(14)19)10-13-4-3-7-20-13/h3-4,7-8,11,19H,1-2,5-6,9-10H2. The average molecular weight is 274 g/mol. The van der Waals surface area contributed by atoms with Crippen molar-refractivity contribution in [1.82, 2.24) is 9.47 Å². The number of pyridine rings is 1. The highest BCUT2D eigenvalue weighted by atomic mass is 16.3. The van der Waals surface area contributed by atoms with Crippen LogP contribution in [0.1, 0.15) is 24.3 Å². The van der Waals surface area contributed by atoms with Gasteiger partial charge in [-0.3, -0.25) is 9.69 Å². The lowest BCUT2D eigenvalue weighted by molar-refractivity contribution is 0.318. The van der Waals surface area contributed by atoms with E-state index in [-0.39, 0.29) is 11.2 Å². The smallest absolute Gasteiger partial charge is 0.223 e. The summed E-state index contributed by atoms with van der Waals surface area (Å²) in [5, 5.41) is 9.64. The fourth-order valence-electron chi connectivity index (χ4n) is 2.63. The predicted octanol–water partition coefficient (Wildman–Crippen LogP) is 1.79. The van der Waals surface area contributed by atoms with Gasteiger partial charge in [0.2, 0.25) is 5.43 Å². The molecule has 3 heterocycles. The summed E-state index contributed by atoms with van der Waals surface area (Å²) in [4.78, 5) is 14.0. The Morgan fingerprint density at radius 3 is 2.75 bits per heavy atom. The third-order valence-corrected chi connectivity index (χ3v) is 3.69. The molecular weight excluding hydrogens is 256 g/mol. The van der Waals surface area contributed by atoms with E-state index in [0.717, 1.165) is 31.1 Å². The number of furan rings is 1. The van der Waals surface area contributed by atoms with Crippen LogP contribution in [0.4, 0.5) is 0 Å². The fraction of sp³-hybridized carbons (Fsp3) is 0.400. The lowest BCUT2D eigenvalue weighted by Crippen LogP contribution is -2.23. The summed E-state index contributed by atoms with van der Waals surface area (Å²) in [7, 11) is 0. The lowest BCUT2D eigenvalue weighted by Gasteiger charge is -2.19. The normalized spacial score (nSPS) is 15.8. The van der Waals surface area contributed by atoms with Crippen molar-refractivity contribution in [3.8, 4) is 5.75 Å². The second-order valence-corrected chi connectivity index (χ2v) is 5.20. The van der Waals surface area contributed by atoms with E-state index in [2.05, 4.69) is 4.90 Å². The SMILES string of the molecule is O=c1cc(CN2CCCC2)n(Cc2ccco2)cc1O. The van der Waals surface area contributed by atoms with Crippen LogP contribution < -0.4 is 5.43 Å². The van der Waals surface area contributed by atoms with E-state index in [1.165, 1.54) is 25.1 Å². The molecule has 1 fully saturated rings. The number of likely N-dealkylation sites (tertiary alicyclic amines) is 1. The second-order valence-electron chi connectivity index (χ2n) is 5.20. The van der Waals surface area contributed by atoms with Crippen molar-refractivity contribution in [2.45, 2.75) is 25.9 Å². The molecule has 1 saturated heterocycles. The first-order chi connectivity index (χ1) is 9.72. The van der Waals surface area contributed by atoms with Gasteiger partial charge in [-0.15, -0.1) is 0 Å². The van der Waals surface area contributed by atoms with E-state index in [1.807, 2.05) is 16.7 Å². The monoisotopic (exact) mass is 274 g/mol. The molecule has 2 aromatic heterocycles. The first-order valence-corrected chi connectivity index (χ1v) is 6.89. The molecule has 1 N–H and O–H groups in total. The second kappa shape index (κ2) is 5.54. The van der Waals surface area contributed by atoms with E-state index >= 15 is 0 Å². The molecule has 106 valence electrons. The summed E-state index contributed by atoms with van der Waals surface area (Å²) < 4.78 is 7.22. The van der Waals surface area contributed by atoms with Gasteiger partial charge in [-0.25, -0.2) is 0 Å². The molecule has 0 unspecified atom stereocenters. The molecule has 0 radical (unpaired) electrons. The van der Waals surface area contributed by atoms with E-state index in [4.69, 9.17) is 4.42 Å². The highest BCUT2D eigenvalue weighted by molar-refractivity contribution is 5.21. The van der Waals surface area contributed by atoms with Crippen LogP contribution in [0.2, 0.25) is 0 Å². The fourth-order valence-corrected chi connectivity index (χ4v) is 2.63. The minimum Gasteiger partial charge on any atom is -0.503 e. The van der Waals surface area contributed by atoms with Crippen LogP contribution in [0, 0.1) is 0 Å². The minimum atomic E-state index is -0.324. The van der Waals surface area contributed by atoms with E-state index in [1.54, 1.807) is 6.26 Å². The summed E-state index contributed by atoms with van der Waals surface area (Å²) in [6, 6.07) is 5.24. The summed E-state index contributed by atoms with van der Waals surface area (Å²) in [6.07, 6.45) is 5.54. The van der Waals surface area contributed by atoms with Crippen LogP contribution in [0.5, 0.6) is 5.75 Å². The van der Waals surface area contributed by atoms with Crippen molar-refractivity contribution in [2.24, 2.45) is 0 Å². The Morgan fingerprint density at radius 2 is 2.05 bits per heavy atom. The Labute approximate surface area is 117 Å². The Kier molecular flexibility index (Phi) is 3.60. The van der Waals surface area contributed by atoms with E-state index < -0.39 is 0 Å². The third-order valence-electron chi connectivity index (χ3n) is 3.69. The molecule has 0 atom stereocenters. The maximum Gasteiger partial charge on any atom is 0.223 e. The predicted molar refractivity (Wildman–Crippen MR) is 74.7 cm³/mol. The molecule has 0 bridgehead atoms. The Morgan fingerprint density at radius 1 is 1.25 bits per heavy atom. The van der Waals surface area contributed by atoms with Crippen molar-refractivity contribution >= 4 is 0 Å². The van der Waals surface area contributed by atoms with Gasteiger partial charge >= 0.3 is 0 Å². The molecule has 0 aliphatic carbocycles. The zero-order chi connectivity index (χ0) is 13.9. The summed E-state index contributed by atoms with van der Waals surface area (Å²) in [5.74, 6) is 0.581. The van der Waals surface area contributed by atoms with Gasteiger partial charge in [0.1, 0.15) is 5.76 Å². The largest absolute Gasteiger partial charge is 0.503 e. The van der Waals surface area contributed by atoms with Gasteiger partial charge < -0.3 is 14.1 Å². The van der Waals surface area contributed by atoms with Crippen LogP contribution in [-0.4, -0.2) is 27.7 Å². The van der Waals surface area contributed by atoms with Crippen LogP contribution in [0.3, 0.4) is 0 Å². The number of hydrogen-bond acceptors (Lipinski definition) is 4. The van der Waals surface area contributed by atoms with Crippen LogP contribution in [-0.2, 0) is 13.1 Å². The molecule has 3 rings (SSSR count). The molecular formula is C15H18N2O3. The maximum absolute atomic E-state index is 11.7. The van der Waals surface area contributed by atoms with Crippen molar-refractivity contribution in [2.75, 3.05) is 13.1 Å². The molecule has 5 nitrogen and oxygen atoms in total. The molecule has 0 aromatic carbocycles. The zero-order valence-electron chi connectivity index (χ0n) is 11.3. The zero-order valence-corrected chi connectivity index (χ0v) is 11.3. The third kappa shape index (κ3) is 2.77. The minimum absolute atomic E-state index is 0.221. The lowest BCUT2D eigenvalue weighted by atomic mass is 10.3. The molecule has 2 aromatic rings. The van der Waals surface area contributed by atoms with Gasteiger partial charge in [0, 0.05) is 18.3 Å². The summed E-state index contributed by atoms with van der Waals surface area (Å²) in [6.45, 7) is 3.38. The first-order valence-electron chi connectivity index (χ1n) is 6.89. The van der Waals surface area contributed by atoms with Crippen molar-refractivity contribution < 1.29 is 9.52 Å². The van der Waals surface area contributed by atoms with Gasteiger partial charge in [-0.2, -0.15) is 0 Å². The van der Waals surface area contributed by atoms with Gasteiger partial charge in [0.15, 0.2) is 5.75 Å². The topological polar surface area (TPSA) is 58.6 Å². The highest BCUT2D eigenvalue weighted by Gasteiger charge is 2.15. The van der Waals surface area contributed by atoms with Crippen molar-refractivity contribution in [3.63, 3.8) is 0 Å². The highest BCUT2D eigenvalue weighted by Crippen LogP contribution is 2.15. The van der Waals surface area contributed by atoms with Gasteiger partial charge in [-0.1, -0.05) is 0 Å². The summed E-state index contributed by atoms with van der Waals surface area (Å²) in [5.41, 5.74) is 0.584. The Bertz CT molecular complexity index is 625. The van der Waals surface area contributed by atoms with Crippen molar-refractivity contribution in [3.05, 3.63) is 52.3 Å². The summed E-state index contributed by atoms with van der Waals surface area (Å²) >= 11 is 0. The van der Waals surface area contributed by atoms with E-state index in [9.17, 15) is 9.90 Å². The quantitative estimate of drug-likeness (QED) is 0.923. The maximum atomic E-state index is 11.7. The van der Waals surface area contributed by atoms with Gasteiger partial charge in [-0.05, 0) is 38.1 Å². The Balaban J connectivity index is 1.89. The number of nitrogens with zero attached hydrogens (tertiary/aromatic N) is 2. The number of aromatic hydroxyl groups is 1. The molecule has 0 spiro atoms. The first kappa shape index (κ1) is 13.0. The number of aromatic nitrogens is 1. The number of hydrogen-bond donors (Lipinski definition) is 1. The van der Waals surface area contributed by atoms with E-state index in [0.29, 0.717) is 6.54 Å². The molecule has 0 amide bonds. The van der Waals surface area contributed by atoms with Crippen LogP contribution >= 0.6 is 0 Å². The van der Waals surface area contributed by atoms with Crippen LogP contribution in [0.15, 0.2) is 39.9 Å². The van der Waals surface area contributed by atoms with Crippen molar-refractivity contribution in [1.29, 1.82) is 0 Å². The molecule has 20 heavy (non-hydrogen) atoms. The van der Waals surface area contributed by atoms with Gasteiger partial charge in [0.05, 0.1) is 19.0 Å². The number of rotatable bonds is 4. The Hall–Kier alpha value is -2.01. The van der Waals surface area contributed by atoms with Crippen LogP contribution in [0.25, 0.3) is 0 Å². The average Bonchev–Trinajstić information content (AvgIpc) is 3.08. The van der Waals surface area contributed by atoms with Gasteiger partial charge in [0.25, 0.3) is 0 Å². The molecule has 1 aliphatic heterocycles. The molecule has 1 aliphatic rings.